The van der Waals surface area contributed by atoms with E-state index >= 15 is 0 Å². The highest BCUT2D eigenvalue weighted by molar-refractivity contribution is 6.30. The van der Waals surface area contributed by atoms with E-state index in [2.05, 4.69) is 5.48 Å². The molecule has 0 saturated heterocycles. The summed E-state index contributed by atoms with van der Waals surface area (Å²) in [6.45, 7) is 5.00. The Bertz CT molecular complexity index is 317. The van der Waals surface area contributed by atoms with Gasteiger partial charge in [0, 0.05) is 17.1 Å². The molecule has 0 spiro atoms. The van der Waals surface area contributed by atoms with Crippen molar-refractivity contribution in [3.05, 3.63) is 34.6 Å². The lowest BCUT2D eigenvalue weighted by atomic mass is 10.2. The number of rotatable bonds is 5. The van der Waals surface area contributed by atoms with Gasteiger partial charge >= 0.3 is 0 Å². The van der Waals surface area contributed by atoms with Gasteiger partial charge in [-0.3, -0.25) is 0 Å². The Morgan fingerprint density at radius 3 is 2.87 bits per heavy atom. The molecule has 0 aliphatic rings. The summed E-state index contributed by atoms with van der Waals surface area (Å²) in [7, 11) is 0. The summed E-state index contributed by atoms with van der Waals surface area (Å²) in [6, 6.07) is 4.46. The fourth-order valence-corrected chi connectivity index (χ4v) is 1.23. The molecule has 0 aromatic heterocycles. The topological polar surface area (TPSA) is 21.3 Å². The smallest absolute Gasteiger partial charge is 0.127 e. The predicted molar refractivity (Wildman–Crippen MR) is 59.0 cm³/mol. The summed E-state index contributed by atoms with van der Waals surface area (Å²) in [5, 5.41) is 0.525. The minimum Gasteiger partial charge on any atom is -0.301 e. The van der Waals surface area contributed by atoms with Gasteiger partial charge in [-0.15, -0.1) is 0 Å². The number of halogens is 2. The molecule has 0 radical (unpaired) electrons. The third-order valence-electron chi connectivity index (χ3n) is 1.79. The molecule has 0 bridgehead atoms. The van der Waals surface area contributed by atoms with Crippen molar-refractivity contribution in [2.45, 2.75) is 20.4 Å². The minimum atomic E-state index is -0.278. The van der Waals surface area contributed by atoms with Gasteiger partial charge in [-0.25, -0.2) is 4.39 Å². The van der Waals surface area contributed by atoms with Crippen LogP contribution in [0.1, 0.15) is 19.4 Å². The lowest BCUT2D eigenvalue weighted by molar-refractivity contribution is 0.0191. The Labute approximate surface area is 94.3 Å². The van der Waals surface area contributed by atoms with E-state index in [-0.39, 0.29) is 5.82 Å². The molecule has 1 N–H and O–H groups in total. The molecule has 4 heteroatoms. The van der Waals surface area contributed by atoms with E-state index in [0.717, 1.165) is 0 Å². The monoisotopic (exact) mass is 231 g/mol. The molecule has 0 fully saturated rings. The fourth-order valence-electron chi connectivity index (χ4n) is 1.03. The summed E-state index contributed by atoms with van der Waals surface area (Å²) in [5.74, 6) is 0.168. The van der Waals surface area contributed by atoms with Crippen molar-refractivity contribution in [2.24, 2.45) is 5.92 Å². The molecule has 15 heavy (non-hydrogen) atoms. The molecule has 0 atom stereocenters. The average Bonchev–Trinajstić information content (AvgIpc) is 2.17. The summed E-state index contributed by atoms with van der Waals surface area (Å²) in [4.78, 5) is 5.13. The SMILES string of the molecule is CC(C)CONCc1cc(Cl)ccc1F. The van der Waals surface area contributed by atoms with Crippen molar-refractivity contribution < 1.29 is 9.23 Å². The lowest BCUT2D eigenvalue weighted by Crippen LogP contribution is -2.18. The highest BCUT2D eigenvalue weighted by Gasteiger charge is 2.02. The van der Waals surface area contributed by atoms with Crippen molar-refractivity contribution in [3.8, 4) is 0 Å². The van der Waals surface area contributed by atoms with Crippen LogP contribution in [0.4, 0.5) is 4.39 Å². The van der Waals surface area contributed by atoms with Gasteiger partial charge in [0.25, 0.3) is 0 Å². The Kier molecular flexibility index (Phi) is 5.02. The number of hydrogen-bond donors (Lipinski definition) is 1. The van der Waals surface area contributed by atoms with Crippen LogP contribution >= 0.6 is 11.6 Å². The molecule has 1 rings (SSSR count). The van der Waals surface area contributed by atoms with E-state index in [1.54, 1.807) is 6.07 Å². The highest BCUT2D eigenvalue weighted by Crippen LogP contribution is 2.14. The molecular weight excluding hydrogens is 217 g/mol. The van der Waals surface area contributed by atoms with E-state index in [1.807, 2.05) is 13.8 Å². The van der Waals surface area contributed by atoms with Crippen molar-refractivity contribution >= 4 is 11.6 Å². The van der Waals surface area contributed by atoms with Gasteiger partial charge in [-0.05, 0) is 24.1 Å². The van der Waals surface area contributed by atoms with E-state index < -0.39 is 0 Å². The first-order valence-electron chi connectivity index (χ1n) is 4.88. The molecule has 1 aromatic carbocycles. The standard InChI is InChI=1S/C11H15ClFNO/c1-8(2)7-15-14-6-9-5-10(12)3-4-11(9)13/h3-5,8,14H,6-7H2,1-2H3. The Hall–Kier alpha value is -0.640. The van der Waals surface area contributed by atoms with E-state index in [1.165, 1.54) is 12.1 Å². The maximum atomic E-state index is 13.2. The Morgan fingerprint density at radius 2 is 2.20 bits per heavy atom. The van der Waals surface area contributed by atoms with Crippen LogP contribution in [-0.4, -0.2) is 6.61 Å². The molecule has 0 aliphatic carbocycles. The molecule has 2 nitrogen and oxygen atoms in total. The molecule has 0 heterocycles. The van der Waals surface area contributed by atoms with Gasteiger partial charge in [-0.1, -0.05) is 25.4 Å². The second-order valence-electron chi connectivity index (χ2n) is 3.76. The van der Waals surface area contributed by atoms with Gasteiger partial charge in [0.1, 0.15) is 5.82 Å². The second kappa shape index (κ2) is 6.05. The van der Waals surface area contributed by atoms with Crippen LogP contribution in [0.25, 0.3) is 0 Å². The van der Waals surface area contributed by atoms with Crippen molar-refractivity contribution in [3.63, 3.8) is 0 Å². The summed E-state index contributed by atoms with van der Waals surface area (Å²) in [6.07, 6.45) is 0. The number of nitrogens with one attached hydrogen (secondary N) is 1. The molecule has 84 valence electrons. The molecule has 0 amide bonds. The molecular formula is C11H15ClFNO. The zero-order valence-electron chi connectivity index (χ0n) is 8.89. The van der Waals surface area contributed by atoms with Crippen LogP contribution < -0.4 is 5.48 Å². The van der Waals surface area contributed by atoms with Crippen LogP contribution in [-0.2, 0) is 11.4 Å². The van der Waals surface area contributed by atoms with Crippen LogP contribution in [0.2, 0.25) is 5.02 Å². The summed E-state index contributed by atoms with van der Waals surface area (Å²) in [5.41, 5.74) is 3.21. The molecule has 0 unspecified atom stereocenters. The van der Waals surface area contributed by atoms with E-state index in [9.17, 15) is 4.39 Å². The van der Waals surface area contributed by atoms with E-state index in [4.69, 9.17) is 16.4 Å². The Morgan fingerprint density at radius 1 is 1.47 bits per heavy atom. The normalized spacial score (nSPS) is 11.0. The van der Waals surface area contributed by atoms with Crippen LogP contribution in [0, 0.1) is 11.7 Å². The quantitative estimate of drug-likeness (QED) is 0.621. The molecule has 1 aromatic rings. The number of benzene rings is 1. The average molecular weight is 232 g/mol. The van der Waals surface area contributed by atoms with Gasteiger partial charge in [-0.2, -0.15) is 5.48 Å². The van der Waals surface area contributed by atoms with Gasteiger partial charge in [0.15, 0.2) is 0 Å². The van der Waals surface area contributed by atoms with Gasteiger partial charge < -0.3 is 4.84 Å². The maximum absolute atomic E-state index is 13.2. The lowest BCUT2D eigenvalue weighted by Gasteiger charge is -2.08. The first-order valence-corrected chi connectivity index (χ1v) is 5.26. The Balaban J connectivity index is 2.40. The van der Waals surface area contributed by atoms with Crippen LogP contribution in [0.5, 0.6) is 0 Å². The van der Waals surface area contributed by atoms with Gasteiger partial charge in [0.2, 0.25) is 0 Å². The summed E-state index contributed by atoms with van der Waals surface area (Å²) < 4.78 is 13.2. The number of hydrogen-bond acceptors (Lipinski definition) is 2. The van der Waals surface area contributed by atoms with Crippen LogP contribution in [0.3, 0.4) is 0 Å². The maximum Gasteiger partial charge on any atom is 0.127 e. The third kappa shape index (κ3) is 4.60. The third-order valence-corrected chi connectivity index (χ3v) is 2.02. The highest BCUT2D eigenvalue weighted by atomic mass is 35.5. The molecule has 0 aliphatic heterocycles. The van der Waals surface area contributed by atoms with E-state index in [0.29, 0.717) is 29.7 Å². The zero-order chi connectivity index (χ0) is 11.3. The first kappa shape index (κ1) is 12.4. The molecule has 0 saturated carbocycles. The van der Waals surface area contributed by atoms with Gasteiger partial charge in [0.05, 0.1) is 6.61 Å². The second-order valence-corrected chi connectivity index (χ2v) is 4.20. The zero-order valence-corrected chi connectivity index (χ0v) is 9.64. The van der Waals surface area contributed by atoms with Crippen LogP contribution in [0.15, 0.2) is 18.2 Å². The van der Waals surface area contributed by atoms with Crippen molar-refractivity contribution in [1.29, 1.82) is 0 Å². The summed E-state index contributed by atoms with van der Waals surface area (Å²) >= 11 is 5.74. The number of hydroxylamine groups is 1. The van der Waals surface area contributed by atoms with Crippen molar-refractivity contribution in [1.82, 2.24) is 5.48 Å². The first-order chi connectivity index (χ1) is 7.09. The minimum absolute atomic E-state index is 0.278. The van der Waals surface area contributed by atoms with Crippen molar-refractivity contribution in [2.75, 3.05) is 6.61 Å². The largest absolute Gasteiger partial charge is 0.301 e. The fraction of sp³-hybridized carbons (Fsp3) is 0.455. The predicted octanol–water partition coefficient (Wildman–Crippen LogP) is 3.16.